The van der Waals surface area contributed by atoms with Gasteiger partial charge in [0.1, 0.15) is 12.2 Å². The highest BCUT2D eigenvalue weighted by molar-refractivity contribution is 6.39. The zero-order valence-corrected chi connectivity index (χ0v) is 22.1. The average molecular weight is 550 g/mol. The number of carbonyl (C=O) groups excluding carboxylic acids is 3. The first kappa shape index (κ1) is 27.3. The number of rotatable bonds is 8. The molecule has 0 saturated carbocycles. The lowest BCUT2D eigenvalue weighted by Crippen LogP contribution is -2.54. The number of nitrogens with one attached hydrogen (secondary N) is 1. The van der Waals surface area contributed by atoms with Gasteiger partial charge >= 0.3 is 6.03 Å². The van der Waals surface area contributed by atoms with Crippen LogP contribution in [0.1, 0.15) is 29.2 Å². The van der Waals surface area contributed by atoms with E-state index in [2.05, 4.69) is 5.32 Å². The van der Waals surface area contributed by atoms with E-state index < -0.39 is 22.8 Å². The zero-order chi connectivity index (χ0) is 28.3. The molecule has 200 valence electrons. The maximum Gasteiger partial charge on any atom is 0.335 e. The number of hydrogen-bond donors (Lipinski definition) is 1. The van der Waals surface area contributed by atoms with E-state index in [-0.39, 0.29) is 41.0 Å². The monoisotopic (exact) mass is 549 g/mol. The van der Waals surface area contributed by atoms with E-state index in [0.29, 0.717) is 16.8 Å². The molecular weight excluding hydrogens is 526 g/mol. The maximum atomic E-state index is 13.3. The fourth-order valence-electron chi connectivity index (χ4n) is 3.96. The van der Waals surface area contributed by atoms with Crippen LogP contribution in [-0.4, -0.2) is 29.4 Å². The van der Waals surface area contributed by atoms with Gasteiger partial charge in [0.05, 0.1) is 22.2 Å². The number of imide groups is 2. The van der Waals surface area contributed by atoms with Crippen LogP contribution in [0.15, 0.2) is 60.2 Å². The van der Waals surface area contributed by atoms with Gasteiger partial charge in [0.15, 0.2) is 11.5 Å². The molecule has 0 radical (unpaired) electrons. The number of aryl methyl sites for hydroxylation is 1. The summed E-state index contributed by atoms with van der Waals surface area (Å²) in [6.07, 6.45) is 1.33. The Bertz CT molecular complexity index is 1520. The summed E-state index contributed by atoms with van der Waals surface area (Å²) in [6, 6.07) is 13.3. The molecule has 1 saturated heterocycles. The Balaban J connectivity index is 1.65. The van der Waals surface area contributed by atoms with Crippen LogP contribution in [0.3, 0.4) is 0 Å². The first-order chi connectivity index (χ1) is 18.6. The normalized spacial score (nSPS) is 14.4. The number of barbiturate groups is 1. The zero-order valence-electron chi connectivity index (χ0n) is 21.3. The number of hydrogen-bond acceptors (Lipinski definition) is 7. The number of carbonyl (C=O) groups is 3. The highest BCUT2D eigenvalue weighted by Gasteiger charge is 2.37. The second-order valence-electron chi connectivity index (χ2n) is 8.65. The van der Waals surface area contributed by atoms with E-state index in [1.807, 2.05) is 13.0 Å². The van der Waals surface area contributed by atoms with Gasteiger partial charge in [-0.2, -0.15) is 0 Å². The van der Waals surface area contributed by atoms with Gasteiger partial charge in [0.2, 0.25) is 0 Å². The first-order valence-electron chi connectivity index (χ1n) is 11.9. The van der Waals surface area contributed by atoms with E-state index in [0.717, 1.165) is 16.0 Å². The van der Waals surface area contributed by atoms with E-state index in [9.17, 15) is 24.5 Å². The number of urea groups is 1. The molecule has 0 aromatic heterocycles. The molecule has 3 aromatic carbocycles. The predicted molar refractivity (Wildman–Crippen MR) is 145 cm³/mol. The van der Waals surface area contributed by atoms with Crippen LogP contribution in [0, 0.1) is 24.0 Å². The van der Waals surface area contributed by atoms with Gasteiger partial charge in [-0.15, -0.1) is 0 Å². The van der Waals surface area contributed by atoms with Crippen molar-refractivity contribution in [1.82, 2.24) is 5.32 Å². The second-order valence-corrected chi connectivity index (χ2v) is 9.06. The molecule has 0 bridgehead atoms. The number of amides is 4. The average Bonchev–Trinajstić information content (AvgIpc) is 2.89. The van der Waals surface area contributed by atoms with Crippen molar-refractivity contribution in [2.45, 2.75) is 27.4 Å². The summed E-state index contributed by atoms with van der Waals surface area (Å²) in [5.41, 5.74) is 2.74. The molecule has 1 aliphatic heterocycles. The van der Waals surface area contributed by atoms with Crippen molar-refractivity contribution in [2.75, 3.05) is 11.5 Å². The van der Waals surface area contributed by atoms with Gasteiger partial charge < -0.3 is 9.47 Å². The number of ether oxygens (including phenoxy) is 2. The Morgan fingerprint density at radius 2 is 1.77 bits per heavy atom. The van der Waals surface area contributed by atoms with Crippen LogP contribution >= 0.6 is 11.6 Å². The maximum absolute atomic E-state index is 13.3. The quantitative estimate of drug-likeness (QED) is 0.170. The van der Waals surface area contributed by atoms with Crippen molar-refractivity contribution in [3.8, 4) is 11.5 Å². The summed E-state index contributed by atoms with van der Waals surface area (Å²) in [6.45, 7) is 5.75. The summed E-state index contributed by atoms with van der Waals surface area (Å²) in [4.78, 5) is 49.9. The van der Waals surface area contributed by atoms with E-state index >= 15 is 0 Å². The molecular formula is C28H24ClN3O7. The van der Waals surface area contributed by atoms with Gasteiger partial charge in [-0.25, -0.2) is 9.69 Å². The molecule has 4 rings (SSSR count). The third kappa shape index (κ3) is 5.75. The number of benzene rings is 3. The molecule has 39 heavy (non-hydrogen) atoms. The lowest BCUT2D eigenvalue weighted by molar-refractivity contribution is -0.384. The lowest BCUT2D eigenvalue weighted by atomic mass is 10.0. The fourth-order valence-corrected chi connectivity index (χ4v) is 4.24. The number of anilines is 1. The number of nitro benzene ring substituents is 1. The topological polar surface area (TPSA) is 128 Å². The number of nitrogens with zero attached hydrogens (tertiary/aromatic N) is 2. The van der Waals surface area contributed by atoms with Crippen LogP contribution < -0.4 is 19.7 Å². The smallest absolute Gasteiger partial charge is 0.335 e. The predicted octanol–water partition coefficient (Wildman–Crippen LogP) is 5.51. The standard InChI is InChI=1S/C28H24ClN3O7/c1-4-38-24-14-19(13-22(29)25(24)39-15-18-8-10-20(11-9-18)32(36)37)12-21-26(33)30-28(35)31(27(21)34)23-7-5-6-16(2)17(23)3/h5-14H,4,15H2,1-3H3,(H,30,33,35)/b21-12+. The molecule has 1 N–H and O–H groups in total. The Morgan fingerprint density at radius 3 is 2.44 bits per heavy atom. The molecule has 0 aliphatic carbocycles. The Kier molecular flexibility index (Phi) is 7.96. The van der Waals surface area contributed by atoms with Crippen molar-refractivity contribution in [1.29, 1.82) is 0 Å². The number of halogens is 1. The molecule has 1 fully saturated rings. The van der Waals surface area contributed by atoms with Crippen molar-refractivity contribution >= 4 is 46.9 Å². The number of nitro groups is 1. The third-order valence-electron chi connectivity index (χ3n) is 6.09. The van der Waals surface area contributed by atoms with Gasteiger partial charge in [-0.05, 0) is 79.4 Å². The van der Waals surface area contributed by atoms with Gasteiger partial charge in [0.25, 0.3) is 17.5 Å². The van der Waals surface area contributed by atoms with Crippen LogP contribution in [0.4, 0.5) is 16.2 Å². The molecule has 3 aromatic rings. The summed E-state index contributed by atoms with van der Waals surface area (Å²) < 4.78 is 11.6. The van der Waals surface area contributed by atoms with E-state index in [1.165, 1.54) is 24.3 Å². The van der Waals surface area contributed by atoms with Gasteiger partial charge in [-0.1, -0.05) is 23.7 Å². The van der Waals surface area contributed by atoms with Crippen LogP contribution in [-0.2, 0) is 16.2 Å². The van der Waals surface area contributed by atoms with E-state index in [4.69, 9.17) is 21.1 Å². The molecule has 1 heterocycles. The minimum Gasteiger partial charge on any atom is -0.490 e. The van der Waals surface area contributed by atoms with Crippen LogP contribution in [0.5, 0.6) is 11.5 Å². The summed E-state index contributed by atoms with van der Waals surface area (Å²) >= 11 is 6.51. The molecule has 1 aliphatic rings. The summed E-state index contributed by atoms with van der Waals surface area (Å²) in [7, 11) is 0. The largest absolute Gasteiger partial charge is 0.490 e. The molecule has 0 spiro atoms. The van der Waals surface area contributed by atoms with Gasteiger partial charge in [0, 0.05) is 12.1 Å². The minimum absolute atomic E-state index is 0.0386. The molecule has 10 nitrogen and oxygen atoms in total. The SMILES string of the molecule is CCOc1cc(/C=C2\C(=O)NC(=O)N(c3cccc(C)c3C)C2=O)cc(Cl)c1OCc1ccc([N+](=O)[O-])cc1. The second kappa shape index (κ2) is 11.4. The van der Waals surface area contributed by atoms with Crippen molar-refractivity contribution in [3.63, 3.8) is 0 Å². The number of non-ortho nitro benzene ring substituents is 1. The lowest BCUT2D eigenvalue weighted by Gasteiger charge is -2.28. The van der Waals surface area contributed by atoms with Gasteiger partial charge in [-0.3, -0.25) is 25.0 Å². The Hall–Kier alpha value is -4.70. The molecule has 11 heteroatoms. The summed E-state index contributed by atoms with van der Waals surface area (Å²) in [5, 5.41) is 13.2. The van der Waals surface area contributed by atoms with Crippen molar-refractivity contribution in [3.05, 3.63) is 97.6 Å². The first-order valence-corrected chi connectivity index (χ1v) is 12.3. The third-order valence-corrected chi connectivity index (χ3v) is 6.37. The Labute approximate surface area is 228 Å². The van der Waals surface area contributed by atoms with Crippen molar-refractivity contribution < 1.29 is 28.8 Å². The fraction of sp³-hybridized carbons (Fsp3) is 0.179. The molecule has 4 amide bonds. The highest BCUT2D eigenvalue weighted by atomic mass is 35.5. The van der Waals surface area contributed by atoms with Crippen LogP contribution in [0.25, 0.3) is 6.08 Å². The molecule has 0 unspecified atom stereocenters. The van der Waals surface area contributed by atoms with Crippen LogP contribution in [0.2, 0.25) is 5.02 Å². The summed E-state index contributed by atoms with van der Waals surface area (Å²) in [5.74, 6) is -1.11. The molecule has 0 atom stereocenters. The van der Waals surface area contributed by atoms with E-state index in [1.54, 1.807) is 44.2 Å². The Morgan fingerprint density at radius 1 is 1.05 bits per heavy atom. The highest BCUT2D eigenvalue weighted by Crippen LogP contribution is 2.38. The minimum atomic E-state index is -0.834. The van der Waals surface area contributed by atoms with Crippen molar-refractivity contribution in [2.24, 2.45) is 0 Å².